The predicted octanol–water partition coefficient (Wildman–Crippen LogP) is 1.57. The summed E-state index contributed by atoms with van der Waals surface area (Å²) in [5, 5.41) is 3.35. The average molecular weight is 269 g/mol. The minimum atomic E-state index is 0.239. The SMILES string of the molecule is CCCC(CCC)C(=O)N(C)CCN1CCNCC1. The highest BCUT2D eigenvalue weighted by atomic mass is 16.2. The van der Waals surface area contributed by atoms with E-state index in [1.54, 1.807) is 0 Å². The molecular weight excluding hydrogens is 238 g/mol. The summed E-state index contributed by atoms with van der Waals surface area (Å²) >= 11 is 0. The third kappa shape index (κ3) is 5.91. The average Bonchev–Trinajstić information content (AvgIpc) is 2.45. The van der Waals surface area contributed by atoms with E-state index in [1.807, 2.05) is 11.9 Å². The number of amides is 1. The first-order valence-corrected chi connectivity index (χ1v) is 7.87. The van der Waals surface area contributed by atoms with Crippen molar-refractivity contribution < 1.29 is 4.79 Å². The van der Waals surface area contributed by atoms with E-state index in [1.165, 1.54) is 0 Å². The molecule has 0 spiro atoms. The van der Waals surface area contributed by atoms with E-state index in [4.69, 9.17) is 0 Å². The van der Waals surface area contributed by atoms with Crippen molar-refractivity contribution in [1.29, 1.82) is 0 Å². The van der Waals surface area contributed by atoms with Crippen molar-refractivity contribution in [3.05, 3.63) is 0 Å². The van der Waals surface area contributed by atoms with Crippen LogP contribution >= 0.6 is 0 Å². The molecule has 0 bridgehead atoms. The monoisotopic (exact) mass is 269 g/mol. The predicted molar refractivity (Wildman–Crippen MR) is 80.3 cm³/mol. The van der Waals surface area contributed by atoms with Crippen molar-refractivity contribution in [2.75, 3.05) is 46.3 Å². The van der Waals surface area contributed by atoms with Gasteiger partial charge in [-0.15, -0.1) is 0 Å². The van der Waals surface area contributed by atoms with E-state index in [-0.39, 0.29) is 5.92 Å². The van der Waals surface area contributed by atoms with Gasteiger partial charge < -0.3 is 10.2 Å². The Kier molecular flexibility index (Phi) is 8.07. The quantitative estimate of drug-likeness (QED) is 0.726. The van der Waals surface area contributed by atoms with Crippen LogP contribution in [-0.4, -0.2) is 62.0 Å². The van der Waals surface area contributed by atoms with Gasteiger partial charge in [-0.3, -0.25) is 9.69 Å². The highest BCUT2D eigenvalue weighted by Crippen LogP contribution is 2.16. The van der Waals surface area contributed by atoms with Crippen LogP contribution in [-0.2, 0) is 4.79 Å². The summed E-state index contributed by atoms with van der Waals surface area (Å²) in [5.74, 6) is 0.585. The number of hydrogen-bond acceptors (Lipinski definition) is 3. The molecule has 0 aromatic carbocycles. The molecule has 1 aliphatic heterocycles. The summed E-state index contributed by atoms with van der Waals surface area (Å²) in [6, 6.07) is 0. The Morgan fingerprint density at radius 2 is 1.79 bits per heavy atom. The van der Waals surface area contributed by atoms with E-state index in [9.17, 15) is 4.79 Å². The van der Waals surface area contributed by atoms with Crippen LogP contribution in [0, 0.1) is 5.92 Å². The van der Waals surface area contributed by atoms with Crippen LogP contribution in [0.5, 0.6) is 0 Å². The Morgan fingerprint density at radius 1 is 1.21 bits per heavy atom. The molecule has 19 heavy (non-hydrogen) atoms. The number of nitrogens with one attached hydrogen (secondary N) is 1. The number of hydrogen-bond donors (Lipinski definition) is 1. The maximum atomic E-state index is 12.4. The van der Waals surface area contributed by atoms with Crippen LogP contribution in [0.4, 0.5) is 0 Å². The molecule has 1 saturated heterocycles. The van der Waals surface area contributed by atoms with Crippen molar-refractivity contribution in [3.63, 3.8) is 0 Å². The van der Waals surface area contributed by atoms with Gasteiger partial charge in [-0.25, -0.2) is 0 Å². The summed E-state index contributed by atoms with van der Waals surface area (Å²) < 4.78 is 0. The van der Waals surface area contributed by atoms with Crippen LogP contribution in [0.1, 0.15) is 39.5 Å². The van der Waals surface area contributed by atoms with Gasteiger partial charge in [-0.05, 0) is 12.8 Å². The molecule has 1 aliphatic rings. The van der Waals surface area contributed by atoms with Crippen molar-refractivity contribution in [1.82, 2.24) is 15.1 Å². The highest BCUT2D eigenvalue weighted by Gasteiger charge is 2.21. The summed E-state index contributed by atoms with van der Waals surface area (Å²) in [4.78, 5) is 16.8. The van der Waals surface area contributed by atoms with E-state index < -0.39 is 0 Å². The molecule has 4 nitrogen and oxygen atoms in total. The summed E-state index contributed by atoms with van der Waals surface area (Å²) in [6.07, 6.45) is 4.26. The molecule has 1 fully saturated rings. The summed E-state index contributed by atoms with van der Waals surface area (Å²) in [7, 11) is 1.96. The molecule has 1 N–H and O–H groups in total. The molecule has 4 heteroatoms. The Bertz CT molecular complexity index is 246. The number of piperazine rings is 1. The van der Waals surface area contributed by atoms with Gasteiger partial charge in [-0.2, -0.15) is 0 Å². The molecule has 0 aliphatic carbocycles. The molecule has 1 amide bonds. The Hall–Kier alpha value is -0.610. The Balaban J connectivity index is 2.32. The number of carbonyl (C=O) groups excluding carboxylic acids is 1. The molecule has 0 unspecified atom stereocenters. The molecule has 112 valence electrons. The topological polar surface area (TPSA) is 35.6 Å². The number of likely N-dealkylation sites (N-methyl/N-ethyl adjacent to an activating group) is 1. The number of carbonyl (C=O) groups is 1. The Morgan fingerprint density at radius 3 is 2.32 bits per heavy atom. The molecule has 0 aromatic rings. The lowest BCUT2D eigenvalue weighted by Gasteiger charge is -2.30. The Labute approximate surface area is 118 Å². The lowest BCUT2D eigenvalue weighted by molar-refractivity contribution is -0.134. The van der Waals surface area contributed by atoms with Gasteiger partial charge in [0, 0.05) is 52.2 Å². The molecule has 1 heterocycles. The minimum absolute atomic E-state index is 0.239. The first-order chi connectivity index (χ1) is 9.19. The second-order valence-corrected chi connectivity index (χ2v) is 5.63. The normalized spacial score (nSPS) is 16.8. The van der Waals surface area contributed by atoms with E-state index in [0.29, 0.717) is 5.91 Å². The number of nitrogens with zero attached hydrogens (tertiary/aromatic N) is 2. The van der Waals surface area contributed by atoms with Gasteiger partial charge >= 0.3 is 0 Å². The zero-order valence-corrected chi connectivity index (χ0v) is 13.0. The van der Waals surface area contributed by atoms with Crippen molar-refractivity contribution in [2.24, 2.45) is 5.92 Å². The van der Waals surface area contributed by atoms with Crippen LogP contribution < -0.4 is 5.32 Å². The van der Waals surface area contributed by atoms with Crippen molar-refractivity contribution in [2.45, 2.75) is 39.5 Å². The molecular formula is C15H31N3O. The lowest BCUT2D eigenvalue weighted by Crippen LogP contribution is -2.47. The molecule has 0 aromatic heterocycles. The highest BCUT2D eigenvalue weighted by molar-refractivity contribution is 5.78. The first kappa shape index (κ1) is 16.4. The lowest BCUT2D eigenvalue weighted by atomic mass is 9.97. The van der Waals surface area contributed by atoms with Crippen LogP contribution in [0.3, 0.4) is 0 Å². The van der Waals surface area contributed by atoms with Crippen molar-refractivity contribution >= 4 is 5.91 Å². The first-order valence-electron chi connectivity index (χ1n) is 7.87. The van der Waals surface area contributed by atoms with Gasteiger partial charge in [0.05, 0.1) is 0 Å². The van der Waals surface area contributed by atoms with Crippen molar-refractivity contribution in [3.8, 4) is 0 Å². The third-order valence-corrected chi connectivity index (χ3v) is 3.96. The van der Waals surface area contributed by atoms with Crippen LogP contribution in [0.15, 0.2) is 0 Å². The zero-order valence-electron chi connectivity index (χ0n) is 13.0. The van der Waals surface area contributed by atoms with Crippen LogP contribution in [0.25, 0.3) is 0 Å². The second-order valence-electron chi connectivity index (χ2n) is 5.63. The third-order valence-electron chi connectivity index (χ3n) is 3.96. The fourth-order valence-electron chi connectivity index (χ4n) is 2.74. The molecule has 0 radical (unpaired) electrons. The van der Waals surface area contributed by atoms with Gasteiger partial charge in [0.15, 0.2) is 0 Å². The van der Waals surface area contributed by atoms with Gasteiger partial charge in [0.2, 0.25) is 5.91 Å². The van der Waals surface area contributed by atoms with E-state index >= 15 is 0 Å². The minimum Gasteiger partial charge on any atom is -0.344 e. The number of rotatable bonds is 8. The van der Waals surface area contributed by atoms with E-state index in [2.05, 4.69) is 24.1 Å². The molecule has 1 rings (SSSR count). The standard InChI is InChI=1S/C15H31N3O/c1-4-6-14(7-5-2)15(19)17(3)12-13-18-10-8-16-9-11-18/h14,16H,4-13H2,1-3H3. The van der Waals surface area contributed by atoms with Gasteiger partial charge in [0.1, 0.15) is 0 Å². The molecule has 0 atom stereocenters. The fourth-order valence-corrected chi connectivity index (χ4v) is 2.74. The van der Waals surface area contributed by atoms with Crippen LogP contribution in [0.2, 0.25) is 0 Å². The maximum Gasteiger partial charge on any atom is 0.225 e. The van der Waals surface area contributed by atoms with Gasteiger partial charge in [-0.1, -0.05) is 26.7 Å². The van der Waals surface area contributed by atoms with E-state index in [0.717, 1.165) is 65.0 Å². The molecule has 0 saturated carbocycles. The summed E-state index contributed by atoms with van der Waals surface area (Å²) in [5.41, 5.74) is 0. The maximum absolute atomic E-state index is 12.4. The zero-order chi connectivity index (χ0) is 14.1. The fraction of sp³-hybridized carbons (Fsp3) is 0.933. The summed E-state index contributed by atoms with van der Waals surface area (Å²) in [6.45, 7) is 10.6. The second kappa shape index (κ2) is 9.32. The smallest absolute Gasteiger partial charge is 0.225 e. The largest absolute Gasteiger partial charge is 0.344 e. The van der Waals surface area contributed by atoms with Gasteiger partial charge in [0.25, 0.3) is 0 Å².